The minimum absolute atomic E-state index is 0.0580. The normalized spacial score (nSPS) is 11.8. The summed E-state index contributed by atoms with van der Waals surface area (Å²) < 4.78 is 11.6. The fourth-order valence-electron chi connectivity index (χ4n) is 4.47. The van der Waals surface area contributed by atoms with Gasteiger partial charge in [0.15, 0.2) is 0 Å². The number of allylic oxidation sites excluding steroid dienone is 1. The van der Waals surface area contributed by atoms with Gasteiger partial charge in [-0.15, -0.1) is 0 Å². The van der Waals surface area contributed by atoms with Crippen LogP contribution in [0.4, 0.5) is 4.79 Å². The molecular weight excluding hydrogens is 554 g/mol. The molecule has 0 aliphatic rings. The minimum Gasteiger partial charge on any atom is -0.507 e. The number of likely N-dealkylation sites (N-methyl/N-ethyl adjacent to an activating group) is 1. The van der Waals surface area contributed by atoms with Crippen molar-refractivity contribution in [2.75, 3.05) is 33.8 Å². The van der Waals surface area contributed by atoms with E-state index in [2.05, 4.69) is 25.1 Å². The molecule has 0 radical (unpaired) electrons. The van der Waals surface area contributed by atoms with E-state index in [0.717, 1.165) is 34.3 Å². The van der Waals surface area contributed by atoms with Gasteiger partial charge in [-0.3, -0.25) is 4.79 Å². The fourth-order valence-corrected chi connectivity index (χ4v) is 4.47. The molecule has 44 heavy (non-hydrogen) atoms. The molecule has 0 aromatic heterocycles. The third-order valence-electron chi connectivity index (χ3n) is 6.63. The van der Waals surface area contributed by atoms with Crippen molar-refractivity contribution in [3.63, 3.8) is 0 Å². The van der Waals surface area contributed by atoms with Gasteiger partial charge in [0.2, 0.25) is 5.91 Å². The minimum atomic E-state index is -0.664. The molecule has 0 bridgehead atoms. The Morgan fingerprint density at radius 1 is 0.955 bits per heavy atom. The Balaban J connectivity index is 1.85. The highest BCUT2D eigenvalue weighted by Gasteiger charge is 2.22. The van der Waals surface area contributed by atoms with Crippen LogP contribution >= 0.6 is 0 Å². The van der Waals surface area contributed by atoms with Crippen molar-refractivity contribution >= 4 is 23.1 Å². The Morgan fingerprint density at radius 2 is 1.61 bits per heavy atom. The van der Waals surface area contributed by atoms with Gasteiger partial charge in [0.1, 0.15) is 29.8 Å². The number of benzene rings is 3. The van der Waals surface area contributed by atoms with E-state index in [1.54, 1.807) is 53.1 Å². The van der Waals surface area contributed by atoms with E-state index >= 15 is 0 Å². The number of amides is 2. The number of nitrogens with zero attached hydrogens (tertiary/aromatic N) is 3. The monoisotopic (exact) mass is 595 g/mol. The Bertz CT molecular complexity index is 1530. The highest BCUT2D eigenvalue weighted by Crippen LogP contribution is 2.36. The number of phenols is 1. The summed E-state index contributed by atoms with van der Waals surface area (Å²) in [5, 5.41) is 19.7. The van der Waals surface area contributed by atoms with Crippen LogP contribution < -0.4 is 4.74 Å². The smallest absolute Gasteiger partial charge is 0.410 e. The number of nitriles is 1. The highest BCUT2D eigenvalue weighted by molar-refractivity contribution is 5.99. The average molecular weight is 596 g/mol. The maximum atomic E-state index is 12.8. The second-order valence-corrected chi connectivity index (χ2v) is 11.4. The van der Waals surface area contributed by atoms with Crippen LogP contribution in [-0.4, -0.2) is 66.3 Å². The van der Waals surface area contributed by atoms with Crippen LogP contribution in [0.15, 0.2) is 84.9 Å². The van der Waals surface area contributed by atoms with Gasteiger partial charge < -0.3 is 24.4 Å². The highest BCUT2D eigenvalue weighted by atomic mass is 16.6. The molecule has 3 rings (SSSR count). The zero-order valence-corrected chi connectivity index (χ0v) is 26.3. The average Bonchev–Trinajstić information content (AvgIpc) is 2.99. The molecule has 230 valence electrons. The molecule has 2 amide bonds. The van der Waals surface area contributed by atoms with E-state index in [4.69, 9.17) is 9.47 Å². The molecule has 0 spiro atoms. The third-order valence-corrected chi connectivity index (χ3v) is 6.63. The SMILES string of the molecule is CC/C(=C(/c1ccc(OCCN(C/C=C/C(=O)N(C)C)C(=O)OC(C)(C)C)cc1)c1ccc(O)c(C#N)c1)c1ccccc1. The second kappa shape index (κ2) is 15.4. The lowest BCUT2D eigenvalue weighted by atomic mass is 9.87. The number of ether oxygens (including phenoxy) is 2. The number of hydrogen-bond donors (Lipinski definition) is 1. The van der Waals surface area contributed by atoms with Crippen LogP contribution in [0.1, 0.15) is 56.4 Å². The molecule has 0 unspecified atom stereocenters. The standard InChI is InChI=1S/C36H41N3O5/c1-7-31(26-12-9-8-10-13-26)34(28-17-20-32(40)29(24-28)25-37)27-15-18-30(19-16-27)43-23-22-39(35(42)44-36(2,3)4)21-11-14-33(41)38(5)6/h8-20,24,40H,7,21-23H2,1-6H3/b14-11+,34-31+. The number of carbonyl (C=O) groups is 2. The number of rotatable bonds is 11. The van der Waals surface area contributed by atoms with Crippen LogP contribution in [0.2, 0.25) is 0 Å². The lowest BCUT2D eigenvalue weighted by molar-refractivity contribution is -0.123. The molecule has 0 saturated heterocycles. The van der Waals surface area contributed by atoms with Crippen LogP contribution in [0.5, 0.6) is 11.5 Å². The van der Waals surface area contributed by atoms with E-state index in [-0.39, 0.29) is 36.9 Å². The lowest BCUT2D eigenvalue weighted by Crippen LogP contribution is -2.39. The van der Waals surface area contributed by atoms with Gasteiger partial charge in [-0.25, -0.2) is 4.79 Å². The van der Waals surface area contributed by atoms with Gasteiger partial charge in [-0.1, -0.05) is 61.5 Å². The molecule has 8 nitrogen and oxygen atoms in total. The molecule has 0 aliphatic heterocycles. The maximum Gasteiger partial charge on any atom is 0.410 e. The van der Waals surface area contributed by atoms with Crippen LogP contribution in [0.25, 0.3) is 11.1 Å². The second-order valence-electron chi connectivity index (χ2n) is 11.4. The van der Waals surface area contributed by atoms with Crippen molar-refractivity contribution in [1.29, 1.82) is 5.26 Å². The van der Waals surface area contributed by atoms with Gasteiger partial charge in [-0.2, -0.15) is 5.26 Å². The van der Waals surface area contributed by atoms with E-state index in [1.165, 1.54) is 15.9 Å². The van der Waals surface area contributed by atoms with E-state index in [0.29, 0.717) is 5.75 Å². The maximum absolute atomic E-state index is 12.8. The first-order valence-corrected chi connectivity index (χ1v) is 14.5. The molecule has 1 N–H and O–H groups in total. The molecule has 3 aromatic carbocycles. The number of hydrogen-bond acceptors (Lipinski definition) is 6. The largest absolute Gasteiger partial charge is 0.507 e. The Hall–Kier alpha value is -5.03. The quantitative estimate of drug-likeness (QED) is 0.191. The molecule has 3 aromatic rings. The molecular formula is C36H41N3O5. The van der Waals surface area contributed by atoms with Gasteiger partial charge >= 0.3 is 6.09 Å². The zero-order chi connectivity index (χ0) is 32.3. The molecule has 0 atom stereocenters. The van der Waals surface area contributed by atoms with Gasteiger partial charge in [-0.05, 0) is 79.3 Å². The summed E-state index contributed by atoms with van der Waals surface area (Å²) in [5.41, 5.74) is 4.42. The van der Waals surface area contributed by atoms with E-state index in [9.17, 15) is 20.0 Å². The summed E-state index contributed by atoms with van der Waals surface area (Å²) in [6.07, 6.45) is 3.31. The Kier molecular flexibility index (Phi) is 11.7. The van der Waals surface area contributed by atoms with Crippen LogP contribution in [0.3, 0.4) is 0 Å². The molecule has 8 heteroatoms. The summed E-state index contributed by atoms with van der Waals surface area (Å²) >= 11 is 0. The Labute approximate surface area is 260 Å². The third kappa shape index (κ3) is 9.50. The predicted octanol–water partition coefficient (Wildman–Crippen LogP) is 6.89. The first-order chi connectivity index (χ1) is 20.9. The first kappa shape index (κ1) is 33.5. The fraction of sp³-hybridized carbons (Fsp3) is 0.306. The van der Waals surface area contributed by atoms with E-state index in [1.807, 2.05) is 48.5 Å². The first-order valence-electron chi connectivity index (χ1n) is 14.5. The zero-order valence-electron chi connectivity index (χ0n) is 26.3. The van der Waals surface area contributed by atoms with Crippen molar-refractivity contribution in [2.45, 2.75) is 39.7 Å². The van der Waals surface area contributed by atoms with Crippen LogP contribution in [-0.2, 0) is 9.53 Å². The van der Waals surface area contributed by atoms with Gasteiger partial charge in [0.05, 0.1) is 12.1 Å². The van der Waals surface area contributed by atoms with Gasteiger partial charge in [0.25, 0.3) is 0 Å². The molecule has 0 heterocycles. The van der Waals surface area contributed by atoms with Crippen LogP contribution in [0, 0.1) is 11.3 Å². The predicted molar refractivity (Wildman–Crippen MR) is 173 cm³/mol. The molecule has 0 aliphatic carbocycles. The van der Waals surface area contributed by atoms with Crippen molar-refractivity contribution in [1.82, 2.24) is 9.80 Å². The summed E-state index contributed by atoms with van der Waals surface area (Å²) in [6.45, 7) is 8.16. The topological polar surface area (TPSA) is 103 Å². The Morgan fingerprint density at radius 3 is 2.20 bits per heavy atom. The van der Waals surface area contributed by atoms with Crippen molar-refractivity contribution < 1.29 is 24.2 Å². The number of aromatic hydroxyl groups is 1. The summed E-state index contributed by atoms with van der Waals surface area (Å²) in [4.78, 5) is 27.7. The molecule has 0 saturated carbocycles. The van der Waals surface area contributed by atoms with Gasteiger partial charge in [0, 0.05) is 26.7 Å². The van der Waals surface area contributed by atoms with Crippen molar-refractivity contribution in [3.05, 3.63) is 107 Å². The number of phenolic OH excluding ortho intramolecular Hbond substituents is 1. The van der Waals surface area contributed by atoms with Crippen molar-refractivity contribution in [2.24, 2.45) is 0 Å². The summed E-state index contributed by atoms with van der Waals surface area (Å²) in [5.74, 6) is 0.391. The van der Waals surface area contributed by atoms with Crippen molar-refractivity contribution in [3.8, 4) is 17.6 Å². The summed E-state index contributed by atoms with van der Waals surface area (Å²) in [7, 11) is 3.32. The van der Waals surface area contributed by atoms with E-state index < -0.39 is 11.7 Å². The summed E-state index contributed by atoms with van der Waals surface area (Å²) in [6, 6.07) is 24.9. The number of carbonyl (C=O) groups excluding carboxylic acids is 2. The molecule has 0 fully saturated rings. The lowest BCUT2D eigenvalue weighted by Gasteiger charge is -2.26.